The van der Waals surface area contributed by atoms with E-state index in [1.165, 1.54) is 6.19 Å². The number of nitriles is 1. The minimum atomic E-state index is 1.31. The molecule has 0 saturated carbocycles. The van der Waals surface area contributed by atoms with Gasteiger partial charge in [0.2, 0.25) is 6.19 Å². The molecule has 0 heterocycles. The van der Waals surface area contributed by atoms with E-state index in [0.717, 1.165) is 0 Å². The summed E-state index contributed by atoms with van der Waals surface area (Å²) in [6.45, 7) is 0. The van der Waals surface area contributed by atoms with E-state index in [9.17, 15) is 0 Å². The van der Waals surface area contributed by atoms with Crippen LogP contribution in [0.3, 0.4) is 0 Å². The number of rotatable bonds is 26. The first kappa shape index (κ1) is 45.5. The van der Waals surface area contributed by atoms with E-state index in [2.05, 4.69) is 288 Å². The molecule has 0 aromatic carbocycles. The predicted molar refractivity (Wildman–Crippen MR) is 141 cm³/mol. The molecule has 0 aliphatic heterocycles. The highest BCUT2D eigenvalue weighted by Gasteiger charge is 1.75. The first-order valence-electron chi connectivity index (χ1n) is 11.3. The van der Waals surface area contributed by atoms with Gasteiger partial charge in [-0.3, -0.25) is 0 Å². The Balaban J connectivity index is 4.07. The smallest absolute Gasteiger partial charge is 0.227 e. The van der Waals surface area contributed by atoms with Gasteiger partial charge in [-0.05, 0) is 83.5 Å². The molecule has 0 bridgehead atoms. The molecule has 0 aliphatic rings. The zero-order valence-corrected chi connectivity index (χ0v) is 25.7. The molecule has 0 aromatic rings. The molecule has 286 valence electrons. The molecule has 0 fully saturated rings. The average molecular weight is 798 g/mol. The fraction of sp³-hybridized carbons (Fsp3) is 0. The maximum Gasteiger partial charge on any atom is 0.227 e. The summed E-state index contributed by atoms with van der Waals surface area (Å²) in [6, 6.07) is 0. The van der Waals surface area contributed by atoms with Gasteiger partial charge in [-0.25, -0.2) is 0 Å². The summed E-state index contributed by atoms with van der Waals surface area (Å²) in [5, 5.41) is 169. The fourth-order valence-electron chi connectivity index (χ4n) is 0.958. The molecule has 0 aliphatic carbocycles. The SMILES string of the molecule is N#CN=N/N=N/N=N/N=N/N=N/N=N/N=N/N=N/N=N/N=N/N=N/N=N/N=N/N=N/N=N/N=N/N=N/N=N/N=N/N=N/N=N/N=N/N=N/N=N/N=N/N=N/N=N/N. The maximum atomic E-state index is 8.01. The van der Waals surface area contributed by atoms with Crippen molar-refractivity contribution < 1.29 is 0 Å². The minimum absolute atomic E-state index is 1.31. The number of hydrogen-bond donors (Lipinski definition) is 1. The second kappa shape index (κ2) is 44.5. The van der Waals surface area contributed by atoms with E-state index in [4.69, 9.17) is 5.26 Å². The molecule has 0 unspecified atom stereocenters. The van der Waals surface area contributed by atoms with Crippen molar-refractivity contribution in [3.8, 4) is 6.19 Å². The summed E-state index contributed by atoms with van der Waals surface area (Å²) in [7, 11) is 0. The molecule has 56 nitrogen and oxygen atoms in total. The van der Waals surface area contributed by atoms with Gasteiger partial charge in [0, 0.05) is 193 Å². The van der Waals surface area contributed by atoms with Crippen molar-refractivity contribution in [2.45, 2.75) is 0 Å². The van der Waals surface area contributed by atoms with Crippen LogP contribution in [0, 0.1) is 11.5 Å². The van der Waals surface area contributed by atoms with Crippen molar-refractivity contribution in [2.24, 2.45) is 288 Å². The first-order valence-corrected chi connectivity index (χ1v) is 11.3. The molecule has 0 saturated heterocycles. The second-order valence-corrected chi connectivity index (χ2v) is 4.97. The van der Waals surface area contributed by atoms with Gasteiger partial charge in [0.25, 0.3) is 0 Å². The lowest BCUT2D eigenvalue weighted by Crippen LogP contribution is -1.70. The van der Waals surface area contributed by atoms with Crippen molar-refractivity contribution >= 4 is 0 Å². The van der Waals surface area contributed by atoms with Crippen molar-refractivity contribution in [1.29, 1.82) is 5.26 Å². The first-order chi connectivity index (χ1) is 28.4. The lowest BCUT2D eigenvalue weighted by Gasteiger charge is -1.70. The average Bonchev–Trinajstić information content (AvgIpc) is 3.22. The van der Waals surface area contributed by atoms with Crippen LogP contribution in [0.25, 0.3) is 0 Å². The fourth-order valence-corrected chi connectivity index (χ4v) is 0.958. The van der Waals surface area contributed by atoms with Gasteiger partial charge in [-0.15, -0.1) is 0 Å². The monoisotopic (exact) mass is 798 g/mol. The van der Waals surface area contributed by atoms with Crippen LogP contribution in [-0.4, -0.2) is 0 Å². The quantitative estimate of drug-likeness (QED) is 0.0386. The lowest BCUT2D eigenvalue weighted by atomic mass is 11.5. The van der Waals surface area contributed by atoms with E-state index < -0.39 is 0 Å². The summed E-state index contributed by atoms with van der Waals surface area (Å²) < 4.78 is 0. The summed E-state index contributed by atoms with van der Waals surface area (Å²) in [5.74, 6) is 4.63. The number of nitrogens with zero attached hydrogens (tertiary/aromatic N) is 55. The Morgan fingerprint density at radius 2 is 0.281 bits per heavy atom. The highest BCUT2D eigenvalue weighted by atomic mass is 15.8. The Kier molecular flexibility index (Phi) is 35.5. The summed E-state index contributed by atoms with van der Waals surface area (Å²) in [5.41, 5.74) is 0. The zero-order chi connectivity index (χ0) is 40.9. The van der Waals surface area contributed by atoms with Crippen LogP contribution in [0.5, 0.6) is 0 Å². The molecule has 57 heavy (non-hydrogen) atoms. The highest BCUT2D eigenvalue weighted by Crippen LogP contribution is 1.94. The van der Waals surface area contributed by atoms with Gasteiger partial charge in [-0.2, -0.15) is 5.26 Å². The van der Waals surface area contributed by atoms with Crippen LogP contribution in [0.15, 0.2) is 282 Å². The normalized spacial score (nSPS) is 15.3. The minimum Gasteiger partial charge on any atom is -0.303 e. The Morgan fingerprint density at radius 3 is 0.386 bits per heavy atom. The van der Waals surface area contributed by atoms with Crippen molar-refractivity contribution in [3.63, 3.8) is 0 Å². The molecule has 0 aromatic heterocycles. The standard InChI is InChI=1S/CH2N56/c2-1-4-6-8-10-12-14-16-18-20-22-24-26-28-30-32-34-36-38-40-42-44-46-48-50-52-54-56-57-55-53-51-49-47-45-43-41-39-37-35-33-31-29-27-25-23-21-19-17-15-13-11-9-7-5-3/h(H2,3,4,7,8,11,12,15,16,19,20,23,24,27,28,31,32,35,36,39,40,43,44,47,48,51,52,55,56). The van der Waals surface area contributed by atoms with Crippen LogP contribution in [-0.2, 0) is 0 Å². The van der Waals surface area contributed by atoms with Crippen LogP contribution < -0.4 is 5.84 Å². The Labute approximate surface area is 300 Å². The molecule has 2 N–H and O–H groups in total. The third-order valence-corrected chi connectivity index (χ3v) is 2.18. The van der Waals surface area contributed by atoms with Crippen molar-refractivity contribution in [1.82, 2.24) is 0 Å². The van der Waals surface area contributed by atoms with E-state index in [-0.39, 0.29) is 0 Å². The number of hydrogen-bond acceptors (Lipinski definition) is 3. The van der Waals surface area contributed by atoms with Crippen molar-refractivity contribution in [3.05, 3.63) is 0 Å². The molecule has 0 rings (SSSR count). The third-order valence-electron chi connectivity index (χ3n) is 2.18. The maximum absolute atomic E-state index is 8.01. The van der Waals surface area contributed by atoms with Crippen LogP contribution in [0.4, 0.5) is 0 Å². The Bertz CT molecular complexity index is 1900. The predicted octanol–water partition coefficient (Wildman–Crippen LogP) is 9.34. The highest BCUT2D eigenvalue weighted by molar-refractivity contribution is 4.56. The molecule has 56 heteroatoms. The van der Waals surface area contributed by atoms with Gasteiger partial charge in [0.1, 0.15) is 0 Å². The van der Waals surface area contributed by atoms with E-state index in [1.807, 2.05) is 0 Å². The molecular formula is CH2N56. The number of nitrogens with two attached hydrogens (primary N) is 1. The molecule has 0 spiro atoms. The molecule has 0 radical (unpaired) electrons. The summed E-state index contributed by atoms with van der Waals surface area (Å²) in [4.78, 5) is 0. The van der Waals surface area contributed by atoms with E-state index >= 15 is 0 Å². The largest absolute Gasteiger partial charge is 0.303 e. The van der Waals surface area contributed by atoms with Gasteiger partial charge >= 0.3 is 0 Å². The van der Waals surface area contributed by atoms with E-state index in [0.29, 0.717) is 0 Å². The molecule has 0 amide bonds. The van der Waals surface area contributed by atoms with Gasteiger partial charge < -0.3 is 5.84 Å². The van der Waals surface area contributed by atoms with Crippen LogP contribution >= 0.6 is 0 Å². The van der Waals surface area contributed by atoms with Gasteiger partial charge in [0.05, 0.1) is 0 Å². The van der Waals surface area contributed by atoms with Crippen LogP contribution in [0.1, 0.15) is 0 Å². The topological polar surface area (TPSA) is 717 Å². The van der Waals surface area contributed by atoms with Crippen LogP contribution in [0.2, 0.25) is 0 Å². The van der Waals surface area contributed by atoms with Gasteiger partial charge in [-0.1, -0.05) is 5.22 Å². The summed E-state index contributed by atoms with van der Waals surface area (Å²) >= 11 is 0. The lowest BCUT2D eigenvalue weighted by molar-refractivity contribution is 0.724. The van der Waals surface area contributed by atoms with Crippen molar-refractivity contribution in [2.75, 3.05) is 0 Å². The Hall–Kier alpha value is -11.5. The molecular weight excluding hydrogens is 796 g/mol. The second-order valence-electron chi connectivity index (χ2n) is 4.97. The summed E-state index contributed by atoms with van der Waals surface area (Å²) in [6.07, 6.45) is 1.31. The molecule has 0 atom stereocenters. The zero-order valence-electron chi connectivity index (χ0n) is 25.7. The van der Waals surface area contributed by atoms with E-state index in [1.54, 1.807) is 0 Å². The Morgan fingerprint density at radius 1 is 0.175 bits per heavy atom. The third kappa shape index (κ3) is 44.5. The van der Waals surface area contributed by atoms with Gasteiger partial charge in [0.15, 0.2) is 0 Å².